The Labute approximate surface area is 124 Å². The zero-order valence-electron chi connectivity index (χ0n) is 11.6. The van der Waals surface area contributed by atoms with Crippen molar-refractivity contribution in [3.63, 3.8) is 0 Å². The molecule has 0 fully saturated rings. The molecule has 0 aliphatic heterocycles. The van der Waals surface area contributed by atoms with Gasteiger partial charge in [-0.2, -0.15) is 0 Å². The van der Waals surface area contributed by atoms with Crippen molar-refractivity contribution in [2.75, 3.05) is 0 Å². The van der Waals surface area contributed by atoms with Crippen LogP contribution in [0.3, 0.4) is 0 Å². The normalized spacial score (nSPS) is 7.74. The third-order valence-electron chi connectivity index (χ3n) is 1.36. The summed E-state index contributed by atoms with van der Waals surface area (Å²) in [6.07, 6.45) is 2.55. The number of rotatable bonds is 6. The number of carboxylic acid groups (broad SMARTS) is 3. The van der Waals surface area contributed by atoms with Gasteiger partial charge in [0.05, 0.1) is 0 Å². The van der Waals surface area contributed by atoms with E-state index in [1.807, 2.05) is 0 Å². The Morgan fingerprint density at radius 2 is 0.789 bits per heavy atom. The first kappa shape index (κ1) is 26.5. The fraction of sp³-hybridized carbons (Fsp3) is 0.750. The summed E-state index contributed by atoms with van der Waals surface area (Å²) in [6.45, 7) is 5.40. The minimum Gasteiger partial charge on any atom is -0.550 e. The van der Waals surface area contributed by atoms with Gasteiger partial charge in [-0.25, -0.2) is 0 Å². The monoisotopic (exact) mass is 316 g/mol. The number of aliphatic carboxylic acids is 3. The van der Waals surface area contributed by atoms with Gasteiger partial charge in [0.25, 0.3) is 0 Å². The molecule has 0 amide bonds. The number of hydrogen-bond donors (Lipinski definition) is 0. The van der Waals surface area contributed by atoms with E-state index in [2.05, 4.69) is 0 Å². The van der Waals surface area contributed by atoms with Crippen LogP contribution in [-0.2, 0) is 31.5 Å². The first-order valence-corrected chi connectivity index (χ1v) is 5.91. The second-order valence-corrected chi connectivity index (χ2v) is 3.37. The Balaban J connectivity index is -0.0000000865. The summed E-state index contributed by atoms with van der Waals surface area (Å²) in [7, 11) is 0. The summed E-state index contributed by atoms with van der Waals surface area (Å²) < 4.78 is 0. The van der Waals surface area contributed by atoms with Crippen LogP contribution in [0.1, 0.15) is 59.3 Å². The molecule has 0 saturated carbocycles. The van der Waals surface area contributed by atoms with E-state index in [-0.39, 0.29) is 36.3 Å². The zero-order chi connectivity index (χ0) is 15.0. The molecule has 0 spiro atoms. The Kier molecular flexibility index (Phi) is 30.9. The first-order valence-electron chi connectivity index (χ1n) is 5.91. The molecule has 0 radical (unpaired) electrons. The van der Waals surface area contributed by atoms with E-state index in [4.69, 9.17) is 0 Å². The van der Waals surface area contributed by atoms with Gasteiger partial charge in [0.15, 0.2) is 0 Å². The molecule has 0 rings (SSSR count). The van der Waals surface area contributed by atoms with E-state index in [0.29, 0.717) is 19.3 Å². The van der Waals surface area contributed by atoms with Crippen molar-refractivity contribution in [2.24, 2.45) is 0 Å². The Morgan fingerprint density at radius 3 is 0.789 bits per heavy atom. The van der Waals surface area contributed by atoms with Gasteiger partial charge in [-0.15, -0.1) is 0 Å². The van der Waals surface area contributed by atoms with Crippen LogP contribution in [0.15, 0.2) is 0 Å². The smallest absolute Gasteiger partial charge is 0.550 e. The SMILES string of the molecule is CCCC(=O)[O-].CCCC(=O)[O-].CCCC(=O)[O-].[Mn+3]. The number of hydrogen-bond acceptors (Lipinski definition) is 6. The summed E-state index contributed by atoms with van der Waals surface area (Å²) in [5.41, 5.74) is 0. The van der Waals surface area contributed by atoms with E-state index in [1.165, 1.54) is 0 Å². The van der Waals surface area contributed by atoms with Crippen molar-refractivity contribution < 1.29 is 46.8 Å². The van der Waals surface area contributed by atoms with Gasteiger partial charge >= 0.3 is 17.1 Å². The molecule has 0 N–H and O–H groups in total. The molecule has 0 aliphatic rings. The number of carbonyl (C=O) groups excluding carboxylic acids is 3. The minimum absolute atomic E-state index is 0. The van der Waals surface area contributed by atoms with Crippen LogP contribution in [0.25, 0.3) is 0 Å². The third-order valence-corrected chi connectivity index (χ3v) is 1.36. The van der Waals surface area contributed by atoms with Gasteiger partial charge in [0.2, 0.25) is 0 Å². The van der Waals surface area contributed by atoms with E-state index in [9.17, 15) is 29.7 Å². The van der Waals surface area contributed by atoms with Crippen molar-refractivity contribution in [3.8, 4) is 0 Å². The maximum Gasteiger partial charge on any atom is 3.00 e. The van der Waals surface area contributed by atoms with E-state index < -0.39 is 17.9 Å². The van der Waals surface area contributed by atoms with Crippen molar-refractivity contribution in [3.05, 3.63) is 0 Å². The molecule has 0 aromatic heterocycles. The van der Waals surface area contributed by atoms with Crippen molar-refractivity contribution in [1.29, 1.82) is 0 Å². The molecule has 7 heteroatoms. The fourth-order valence-corrected chi connectivity index (χ4v) is 0.612. The summed E-state index contributed by atoms with van der Waals surface area (Å²) in [6, 6.07) is 0. The van der Waals surface area contributed by atoms with Crippen LogP contribution in [0.2, 0.25) is 0 Å². The maximum atomic E-state index is 9.49. The first-order chi connectivity index (χ1) is 8.31. The largest absolute Gasteiger partial charge is 3.00 e. The molecular weight excluding hydrogens is 295 g/mol. The molecule has 19 heavy (non-hydrogen) atoms. The molecule has 0 aliphatic carbocycles. The van der Waals surface area contributed by atoms with Crippen LogP contribution in [0, 0.1) is 0 Å². The molecule has 0 unspecified atom stereocenters. The van der Waals surface area contributed by atoms with E-state index in [1.54, 1.807) is 20.8 Å². The van der Waals surface area contributed by atoms with Crippen LogP contribution in [0.5, 0.6) is 0 Å². The average molecular weight is 316 g/mol. The topological polar surface area (TPSA) is 120 Å². The standard InChI is InChI=1S/3C4H8O2.Mn/c3*1-2-3-4(5)6;/h3*2-3H2,1H3,(H,5,6);/q;;;+3/p-3. The molecule has 6 nitrogen and oxygen atoms in total. The molecule has 112 valence electrons. The fourth-order valence-electron chi connectivity index (χ4n) is 0.612. The second-order valence-electron chi connectivity index (χ2n) is 3.37. The Hall–Kier alpha value is -1.07. The third kappa shape index (κ3) is 60.0. The average Bonchev–Trinajstić information content (AvgIpc) is 2.18. The van der Waals surface area contributed by atoms with E-state index >= 15 is 0 Å². The molecule has 0 aromatic carbocycles. The molecule has 0 heterocycles. The minimum atomic E-state index is -0.961. The quantitative estimate of drug-likeness (QED) is 0.556. The Morgan fingerprint density at radius 1 is 0.632 bits per heavy atom. The number of carboxylic acids is 3. The summed E-state index contributed by atoms with van der Waals surface area (Å²) in [5, 5.41) is 28.5. The summed E-state index contributed by atoms with van der Waals surface area (Å²) >= 11 is 0. The predicted octanol–water partition coefficient (Wildman–Crippen LogP) is -1.39. The zero-order valence-corrected chi connectivity index (χ0v) is 12.8. The van der Waals surface area contributed by atoms with Gasteiger partial charge in [-0.05, 0) is 19.3 Å². The van der Waals surface area contributed by atoms with Crippen LogP contribution < -0.4 is 15.3 Å². The molecule has 0 aromatic rings. The molecule has 0 atom stereocenters. The number of carbonyl (C=O) groups is 3. The summed E-state index contributed by atoms with van der Waals surface area (Å²) in [5.74, 6) is -2.88. The Bertz CT molecular complexity index is 192. The predicted molar refractivity (Wildman–Crippen MR) is 59.7 cm³/mol. The molecule has 0 bridgehead atoms. The van der Waals surface area contributed by atoms with E-state index in [0.717, 1.165) is 0 Å². The van der Waals surface area contributed by atoms with Crippen LogP contribution in [0.4, 0.5) is 0 Å². The molecular formula is C12H21MnO6. The van der Waals surface area contributed by atoms with Gasteiger partial charge in [-0.1, -0.05) is 40.0 Å². The van der Waals surface area contributed by atoms with Gasteiger partial charge in [0, 0.05) is 17.9 Å². The van der Waals surface area contributed by atoms with Crippen molar-refractivity contribution >= 4 is 17.9 Å². The van der Waals surface area contributed by atoms with Gasteiger partial charge in [-0.3, -0.25) is 0 Å². The van der Waals surface area contributed by atoms with Crippen molar-refractivity contribution in [1.82, 2.24) is 0 Å². The van der Waals surface area contributed by atoms with Gasteiger partial charge < -0.3 is 29.7 Å². The van der Waals surface area contributed by atoms with Crippen LogP contribution in [-0.4, -0.2) is 17.9 Å². The van der Waals surface area contributed by atoms with Gasteiger partial charge in [0.1, 0.15) is 0 Å². The second kappa shape index (κ2) is 22.1. The summed E-state index contributed by atoms with van der Waals surface area (Å²) in [4.78, 5) is 28.5. The molecule has 0 saturated heterocycles. The van der Waals surface area contributed by atoms with Crippen molar-refractivity contribution in [2.45, 2.75) is 59.3 Å². The maximum absolute atomic E-state index is 9.49. The van der Waals surface area contributed by atoms with Crippen LogP contribution >= 0.6 is 0 Å².